The highest BCUT2D eigenvalue weighted by Gasteiger charge is 2.14. The Balaban J connectivity index is 1.72. The zero-order chi connectivity index (χ0) is 15.8. The van der Waals surface area contributed by atoms with Gasteiger partial charge in [-0.1, -0.05) is 59.3 Å². The second-order valence-corrected chi connectivity index (χ2v) is 6.81. The zero-order valence-corrected chi connectivity index (χ0v) is 14.0. The quantitative estimate of drug-likeness (QED) is 0.555. The average molecular weight is 341 g/mol. The molecule has 0 aliphatic heterocycles. The van der Waals surface area contributed by atoms with Crippen molar-refractivity contribution in [3.8, 4) is 11.4 Å². The van der Waals surface area contributed by atoms with Crippen LogP contribution in [-0.2, 0) is 6.42 Å². The molecule has 4 aromatic rings. The average Bonchev–Trinajstić information content (AvgIpc) is 3.10. The largest absolute Gasteiger partial charge is 0.234 e. The molecule has 4 nitrogen and oxygen atoms in total. The Morgan fingerprint density at radius 2 is 1.83 bits per heavy atom. The van der Waals surface area contributed by atoms with Crippen LogP contribution in [0.25, 0.3) is 16.3 Å². The van der Waals surface area contributed by atoms with E-state index in [1.165, 1.54) is 5.56 Å². The molecule has 0 N–H and O–H groups in total. The molecule has 0 radical (unpaired) electrons. The number of halogens is 1. The predicted octanol–water partition coefficient (Wildman–Crippen LogP) is 4.41. The van der Waals surface area contributed by atoms with Crippen molar-refractivity contribution in [3.05, 3.63) is 69.7 Å². The van der Waals surface area contributed by atoms with Crippen LogP contribution in [0.15, 0.2) is 48.5 Å². The third-order valence-electron chi connectivity index (χ3n) is 3.69. The smallest absolute Gasteiger partial charge is 0.183 e. The second-order valence-electron chi connectivity index (χ2n) is 5.33. The van der Waals surface area contributed by atoms with E-state index in [4.69, 9.17) is 11.6 Å². The first-order valence-electron chi connectivity index (χ1n) is 7.22. The molecule has 0 atom stereocenters. The van der Waals surface area contributed by atoms with Gasteiger partial charge in [0.2, 0.25) is 4.96 Å². The molecule has 0 saturated heterocycles. The van der Waals surface area contributed by atoms with E-state index >= 15 is 0 Å². The zero-order valence-electron chi connectivity index (χ0n) is 12.4. The highest BCUT2D eigenvalue weighted by atomic mass is 35.5. The molecule has 0 unspecified atom stereocenters. The van der Waals surface area contributed by atoms with Gasteiger partial charge in [0.05, 0.1) is 0 Å². The monoisotopic (exact) mass is 340 g/mol. The molecule has 0 saturated carbocycles. The molecule has 2 aromatic carbocycles. The lowest BCUT2D eigenvalue weighted by Gasteiger charge is -2.01. The van der Waals surface area contributed by atoms with Gasteiger partial charge in [-0.05, 0) is 30.2 Å². The third-order valence-corrected chi connectivity index (χ3v) is 4.84. The first-order chi connectivity index (χ1) is 11.2. The minimum atomic E-state index is 0.744. The molecule has 0 aliphatic rings. The Hall–Kier alpha value is -2.24. The number of rotatable bonds is 3. The van der Waals surface area contributed by atoms with Gasteiger partial charge in [0, 0.05) is 17.0 Å². The van der Waals surface area contributed by atoms with E-state index in [2.05, 4.69) is 28.3 Å². The van der Waals surface area contributed by atoms with Crippen molar-refractivity contribution in [1.82, 2.24) is 19.8 Å². The number of benzene rings is 2. The van der Waals surface area contributed by atoms with Crippen LogP contribution in [-0.4, -0.2) is 19.8 Å². The Morgan fingerprint density at radius 3 is 2.61 bits per heavy atom. The second kappa shape index (κ2) is 5.76. The Bertz CT molecular complexity index is 972. The minimum Gasteiger partial charge on any atom is -0.183 e. The summed E-state index contributed by atoms with van der Waals surface area (Å²) >= 11 is 7.49. The van der Waals surface area contributed by atoms with Crippen LogP contribution in [0.5, 0.6) is 0 Å². The third kappa shape index (κ3) is 2.73. The number of fused-ring (bicyclic) bond motifs is 1. The lowest BCUT2D eigenvalue weighted by Crippen LogP contribution is -1.95. The first kappa shape index (κ1) is 14.4. The van der Waals surface area contributed by atoms with Gasteiger partial charge in [-0.15, -0.1) is 10.2 Å². The highest BCUT2D eigenvalue weighted by Crippen LogP contribution is 2.25. The maximum absolute atomic E-state index is 5.93. The van der Waals surface area contributed by atoms with E-state index in [9.17, 15) is 0 Å². The molecule has 114 valence electrons. The lowest BCUT2D eigenvalue weighted by atomic mass is 10.1. The molecule has 0 fully saturated rings. The van der Waals surface area contributed by atoms with Gasteiger partial charge in [0.1, 0.15) is 5.01 Å². The summed E-state index contributed by atoms with van der Waals surface area (Å²) < 4.78 is 1.83. The van der Waals surface area contributed by atoms with Crippen molar-refractivity contribution in [2.75, 3.05) is 0 Å². The predicted molar refractivity (Wildman–Crippen MR) is 93.1 cm³/mol. The van der Waals surface area contributed by atoms with E-state index in [0.29, 0.717) is 0 Å². The molecule has 6 heteroatoms. The van der Waals surface area contributed by atoms with Gasteiger partial charge >= 0.3 is 0 Å². The maximum atomic E-state index is 5.93. The lowest BCUT2D eigenvalue weighted by molar-refractivity contribution is 0.917. The summed E-state index contributed by atoms with van der Waals surface area (Å²) in [5.74, 6) is 0.789. The van der Waals surface area contributed by atoms with Crippen molar-refractivity contribution < 1.29 is 0 Å². The summed E-state index contributed by atoms with van der Waals surface area (Å²) in [7, 11) is 0. The summed E-state index contributed by atoms with van der Waals surface area (Å²) in [4.78, 5) is 0.812. The summed E-state index contributed by atoms with van der Waals surface area (Å²) in [5.41, 5.74) is 3.40. The van der Waals surface area contributed by atoms with Gasteiger partial charge in [-0.2, -0.15) is 9.61 Å². The molecule has 0 amide bonds. The maximum Gasteiger partial charge on any atom is 0.234 e. The van der Waals surface area contributed by atoms with Crippen LogP contribution in [0.1, 0.15) is 16.1 Å². The number of hydrogen-bond acceptors (Lipinski definition) is 4. The van der Waals surface area contributed by atoms with Crippen molar-refractivity contribution in [2.24, 2.45) is 0 Å². The molecule has 23 heavy (non-hydrogen) atoms. The van der Waals surface area contributed by atoms with Crippen LogP contribution >= 0.6 is 22.9 Å². The van der Waals surface area contributed by atoms with E-state index in [1.807, 2.05) is 47.0 Å². The van der Waals surface area contributed by atoms with E-state index in [-0.39, 0.29) is 0 Å². The van der Waals surface area contributed by atoms with Gasteiger partial charge in [0.25, 0.3) is 0 Å². The van der Waals surface area contributed by atoms with Gasteiger partial charge in [-0.25, -0.2) is 0 Å². The minimum absolute atomic E-state index is 0.744. The summed E-state index contributed by atoms with van der Waals surface area (Å²) in [6, 6.07) is 16.0. The number of nitrogens with zero attached hydrogens (tertiary/aromatic N) is 4. The fourth-order valence-electron chi connectivity index (χ4n) is 2.50. The van der Waals surface area contributed by atoms with Crippen LogP contribution < -0.4 is 0 Å². The normalized spacial score (nSPS) is 11.2. The molecule has 2 aromatic heterocycles. The van der Waals surface area contributed by atoms with Gasteiger partial charge in [-0.3, -0.25) is 0 Å². The fourth-order valence-corrected chi connectivity index (χ4v) is 3.49. The summed E-state index contributed by atoms with van der Waals surface area (Å²) in [6.07, 6.45) is 0.762. The van der Waals surface area contributed by atoms with Crippen LogP contribution in [0.4, 0.5) is 0 Å². The van der Waals surface area contributed by atoms with Crippen LogP contribution in [0, 0.1) is 6.92 Å². The molecule has 0 aliphatic carbocycles. The number of aryl methyl sites for hydroxylation is 1. The molecular weight excluding hydrogens is 328 g/mol. The van der Waals surface area contributed by atoms with Crippen molar-refractivity contribution >= 4 is 27.9 Å². The van der Waals surface area contributed by atoms with Crippen LogP contribution in [0.3, 0.4) is 0 Å². The molecule has 0 spiro atoms. The van der Waals surface area contributed by atoms with Crippen molar-refractivity contribution in [2.45, 2.75) is 13.3 Å². The SMILES string of the molecule is Cc1ccccc1-c1nnc2sc(Cc3ccc(Cl)cc3)nn12. The Labute approximate surface area is 142 Å². The summed E-state index contributed by atoms with van der Waals surface area (Å²) in [6.45, 7) is 2.07. The molecule has 4 rings (SSSR count). The first-order valence-corrected chi connectivity index (χ1v) is 8.42. The van der Waals surface area contributed by atoms with Crippen molar-refractivity contribution in [3.63, 3.8) is 0 Å². The van der Waals surface area contributed by atoms with Crippen LogP contribution in [0.2, 0.25) is 5.02 Å². The molecule has 2 heterocycles. The Morgan fingerprint density at radius 1 is 1.04 bits per heavy atom. The van der Waals surface area contributed by atoms with Gasteiger partial charge in [0.15, 0.2) is 5.82 Å². The standard InChI is InChI=1S/C17H13ClN4S/c1-11-4-2-3-5-14(11)16-19-20-17-22(16)21-15(23-17)10-12-6-8-13(18)9-7-12/h2-9H,10H2,1H3. The van der Waals surface area contributed by atoms with E-state index in [1.54, 1.807) is 11.3 Å². The summed E-state index contributed by atoms with van der Waals surface area (Å²) in [5, 5.41) is 15.0. The van der Waals surface area contributed by atoms with Crippen molar-refractivity contribution in [1.29, 1.82) is 0 Å². The number of hydrogen-bond donors (Lipinski definition) is 0. The molecular formula is C17H13ClN4S. The Kier molecular flexibility index (Phi) is 3.59. The number of aromatic nitrogens is 4. The van der Waals surface area contributed by atoms with Gasteiger partial charge < -0.3 is 0 Å². The fraction of sp³-hybridized carbons (Fsp3) is 0.118. The molecule has 0 bridgehead atoms. The van der Waals surface area contributed by atoms with E-state index < -0.39 is 0 Å². The highest BCUT2D eigenvalue weighted by molar-refractivity contribution is 7.16. The topological polar surface area (TPSA) is 43.1 Å². The van der Waals surface area contributed by atoms with E-state index in [0.717, 1.165) is 38.4 Å².